The van der Waals surface area contributed by atoms with Crippen molar-refractivity contribution in [1.29, 1.82) is 0 Å². The van der Waals surface area contributed by atoms with Crippen molar-refractivity contribution in [1.82, 2.24) is 14.8 Å². The molecule has 0 spiro atoms. The highest BCUT2D eigenvalue weighted by atomic mass is 32.2. The molecule has 0 aliphatic rings. The van der Waals surface area contributed by atoms with E-state index in [1.54, 1.807) is 23.7 Å². The van der Waals surface area contributed by atoms with E-state index in [1.807, 2.05) is 60.7 Å². The first-order valence-electron chi connectivity index (χ1n) is 9.35. The van der Waals surface area contributed by atoms with Crippen LogP contribution >= 0.6 is 0 Å². The van der Waals surface area contributed by atoms with Gasteiger partial charge in [0.2, 0.25) is 15.8 Å². The zero-order valence-corrected chi connectivity index (χ0v) is 17.4. The van der Waals surface area contributed by atoms with Gasteiger partial charge in [0.15, 0.2) is 5.82 Å². The van der Waals surface area contributed by atoms with Gasteiger partial charge in [0.05, 0.1) is 10.6 Å². The van der Waals surface area contributed by atoms with Crippen molar-refractivity contribution in [2.45, 2.75) is 11.8 Å². The number of anilines is 1. The van der Waals surface area contributed by atoms with E-state index in [0.717, 1.165) is 11.3 Å². The molecular weight excluding hydrogens is 414 g/mol. The highest BCUT2D eigenvalue weighted by molar-refractivity contribution is 7.89. The number of aromatic nitrogens is 3. The number of sulfonamides is 1. The van der Waals surface area contributed by atoms with Crippen LogP contribution in [-0.2, 0) is 10.0 Å². The van der Waals surface area contributed by atoms with E-state index in [1.165, 1.54) is 6.07 Å². The molecule has 1 heterocycles. The van der Waals surface area contributed by atoms with Gasteiger partial charge in [-0.1, -0.05) is 54.6 Å². The monoisotopic (exact) mass is 433 g/mol. The number of amides is 1. The lowest BCUT2D eigenvalue weighted by atomic mass is 10.2. The van der Waals surface area contributed by atoms with Crippen molar-refractivity contribution < 1.29 is 13.2 Å². The lowest BCUT2D eigenvalue weighted by Crippen LogP contribution is -2.17. The summed E-state index contributed by atoms with van der Waals surface area (Å²) < 4.78 is 25.1. The number of hydrogen-bond donors (Lipinski definition) is 2. The minimum atomic E-state index is -3.92. The third kappa shape index (κ3) is 4.37. The van der Waals surface area contributed by atoms with Gasteiger partial charge in [-0.2, -0.15) is 0 Å². The van der Waals surface area contributed by atoms with Crippen LogP contribution in [0.25, 0.3) is 17.1 Å². The normalized spacial score (nSPS) is 11.3. The van der Waals surface area contributed by atoms with E-state index >= 15 is 0 Å². The second kappa shape index (κ2) is 8.13. The predicted octanol–water partition coefficient (Wildman–Crippen LogP) is 3.14. The third-order valence-corrected chi connectivity index (χ3v) is 5.65. The molecule has 0 fully saturated rings. The number of nitrogens with one attached hydrogen (secondary N) is 1. The topological polar surface area (TPSA) is 120 Å². The van der Waals surface area contributed by atoms with Crippen LogP contribution in [0.5, 0.6) is 0 Å². The third-order valence-electron chi connectivity index (χ3n) is 4.60. The molecule has 3 aromatic carbocycles. The summed E-state index contributed by atoms with van der Waals surface area (Å²) in [6, 6.07) is 23.2. The fourth-order valence-corrected chi connectivity index (χ4v) is 3.91. The Labute approximate surface area is 179 Å². The molecule has 0 unspecified atom stereocenters. The second-order valence-corrected chi connectivity index (χ2v) is 8.38. The summed E-state index contributed by atoms with van der Waals surface area (Å²) in [4.78, 5) is 17.2. The molecule has 0 aliphatic heterocycles. The summed E-state index contributed by atoms with van der Waals surface area (Å²) in [7, 11) is -3.92. The molecule has 0 aliphatic carbocycles. The van der Waals surface area contributed by atoms with Crippen molar-refractivity contribution in [3.8, 4) is 17.1 Å². The molecule has 156 valence electrons. The minimum absolute atomic E-state index is 0.0552. The number of nitrogens with zero attached hydrogens (tertiary/aromatic N) is 3. The van der Waals surface area contributed by atoms with Gasteiger partial charge in [0.25, 0.3) is 5.91 Å². The lowest BCUT2D eigenvalue weighted by Gasteiger charge is -2.07. The van der Waals surface area contributed by atoms with Crippen LogP contribution in [0.4, 0.5) is 5.69 Å². The number of carbonyl (C=O) groups is 1. The van der Waals surface area contributed by atoms with Crippen LogP contribution < -0.4 is 10.5 Å². The average Bonchev–Trinajstić information content (AvgIpc) is 3.21. The van der Waals surface area contributed by atoms with E-state index in [4.69, 9.17) is 5.14 Å². The van der Waals surface area contributed by atoms with Crippen LogP contribution in [-0.4, -0.2) is 29.1 Å². The Kier molecular flexibility index (Phi) is 5.37. The number of carbonyl (C=O) groups excluding carboxylic acids is 1. The maximum absolute atomic E-state index is 12.9. The zero-order valence-electron chi connectivity index (χ0n) is 16.6. The molecule has 4 aromatic rings. The summed E-state index contributed by atoms with van der Waals surface area (Å²) in [5.41, 5.74) is 2.31. The molecule has 0 saturated heterocycles. The van der Waals surface area contributed by atoms with Gasteiger partial charge in [-0.3, -0.25) is 4.79 Å². The number of benzene rings is 3. The Hall–Kier alpha value is -3.82. The van der Waals surface area contributed by atoms with Crippen molar-refractivity contribution >= 4 is 21.6 Å². The van der Waals surface area contributed by atoms with E-state index in [9.17, 15) is 13.2 Å². The summed E-state index contributed by atoms with van der Waals surface area (Å²) >= 11 is 0. The number of aryl methyl sites for hydroxylation is 1. The highest BCUT2D eigenvalue weighted by Crippen LogP contribution is 2.22. The Morgan fingerprint density at radius 2 is 1.61 bits per heavy atom. The van der Waals surface area contributed by atoms with Gasteiger partial charge in [-0.15, -0.1) is 5.10 Å². The molecular formula is C22H19N5O3S. The maximum Gasteiger partial charge on any atom is 0.295 e. The van der Waals surface area contributed by atoms with Gasteiger partial charge in [0, 0.05) is 11.3 Å². The summed E-state index contributed by atoms with van der Waals surface area (Å²) in [5.74, 6) is -0.123. The van der Waals surface area contributed by atoms with Gasteiger partial charge in [-0.25, -0.2) is 23.2 Å². The molecule has 31 heavy (non-hydrogen) atoms. The average molecular weight is 433 g/mol. The van der Waals surface area contributed by atoms with Crippen molar-refractivity contribution in [2.75, 3.05) is 5.32 Å². The Bertz CT molecular complexity index is 1290. The number of primary sulfonamides is 1. The molecule has 3 N–H and O–H groups in total. The van der Waals surface area contributed by atoms with E-state index in [2.05, 4.69) is 15.4 Å². The molecule has 8 nitrogen and oxygen atoms in total. The molecule has 1 aromatic heterocycles. The molecule has 0 atom stereocenters. The molecule has 0 radical (unpaired) electrons. The van der Waals surface area contributed by atoms with Gasteiger partial charge < -0.3 is 5.32 Å². The summed E-state index contributed by atoms with van der Waals surface area (Å²) in [5, 5.41) is 12.3. The molecule has 0 saturated carbocycles. The smallest absolute Gasteiger partial charge is 0.295 e. The molecule has 0 bridgehead atoms. The quantitative estimate of drug-likeness (QED) is 0.501. The van der Waals surface area contributed by atoms with Gasteiger partial charge in [0.1, 0.15) is 0 Å². The number of rotatable bonds is 5. The first kappa shape index (κ1) is 20.5. The SMILES string of the molecule is Cc1ccc(NC(=O)c2nc(-c3ccccc3)n(-c3ccccc3)n2)cc1S(N)(=O)=O. The molecule has 1 amide bonds. The van der Waals surface area contributed by atoms with Crippen LogP contribution in [0, 0.1) is 6.92 Å². The van der Waals surface area contributed by atoms with E-state index in [-0.39, 0.29) is 16.4 Å². The van der Waals surface area contributed by atoms with Crippen LogP contribution in [0.3, 0.4) is 0 Å². The highest BCUT2D eigenvalue weighted by Gasteiger charge is 2.20. The van der Waals surface area contributed by atoms with Crippen LogP contribution in [0.15, 0.2) is 83.8 Å². The first-order chi connectivity index (χ1) is 14.8. The first-order valence-corrected chi connectivity index (χ1v) is 10.9. The fraction of sp³-hybridized carbons (Fsp3) is 0.0455. The van der Waals surface area contributed by atoms with Crippen molar-refractivity contribution in [2.24, 2.45) is 5.14 Å². The number of para-hydroxylation sites is 1. The Morgan fingerprint density at radius 1 is 0.968 bits per heavy atom. The number of nitrogens with two attached hydrogens (primary N) is 1. The standard InChI is InChI=1S/C22H19N5O3S/c1-15-12-13-17(14-19(15)31(23,29)30)24-22(28)20-25-21(16-8-4-2-5-9-16)27(26-20)18-10-6-3-7-11-18/h2-14H,1H3,(H,24,28)(H2,23,29,30). The fourth-order valence-electron chi connectivity index (χ4n) is 3.10. The van der Waals surface area contributed by atoms with Crippen LogP contribution in [0.2, 0.25) is 0 Å². The van der Waals surface area contributed by atoms with Gasteiger partial charge in [-0.05, 0) is 36.8 Å². The Morgan fingerprint density at radius 3 is 2.26 bits per heavy atom. The zero-order chi connectivity index (χ0) is 22.0. The predicted molar refractivity (Wildman–Crippen MR) is 117 cm³/mol. The van der Waals surface area contributed by atoms with E-state index < -0.39 is 15.9 Å². The van der Waals surface area contributed by atoms with Crippen LogP contribution in [0.1, 0.15) is 16.2 Å². The molecule has 9 heteroatoms. The lowest BCUT2D eigenvalue weighted by molar-refractivity contribution is 0.101. The van der Waals surface area contributed by atoms with Crippen molar-refractivity contribution in [3.05, 3.63) is 90.3 Å². The van der Waals surface area contributed by atoms with Gasteiger partial charge >= 0.3 is 0 Å². The summed E-state index contributed by atoms with van der Waals surface area (Å²) in [6.45, 7) is 1.63. The summed E-state index contributed by atoms with van der Waals surface area (Å²) in [6.07, 6.45) is 0. The van der Waals surface area contributed by atoms with E-state index in [0.29, 0.717) is 11.4 Å². The largest absolute Gasteiger partial charge is 0.319 e. The van der Waals surface area contributed by atoms with Crippen molar-refractivity contribution in [3.63, 3.8) is 0 Å². The maximum atomic E-state index is 12.9. The second-order valence-electron chi connectivity index (χ2n) is 6.85. The molecule has 4 rings (SSSR count). The Balaban J connectivity index is 1.72. The number of hydrogen-bond acceptors (Lipinski definition) is 5. The minimum Gasteiger partial charge on any atom is -0.319 e.